The van der Waals surface area contributed by atoms with E-state index < -0.39 is 0 Å². The SMILES string of the molecule is C=C=c1c2c(c3cccc4cccc1c43)=CC(C)CCC=2C=C. The normalized spacial score (nSPS) is 17.4. The number of hydrogen-bond donors (Lipinski definition) is 0. The van der Waals surface area contributed by atoms with Crippen LogP contribution in [0.3, 0.4) is 0 Å². The van der Waals surface area contributed by atoms with Crippen molar-refractivity contribution in [2.45, 2.75) is 19.8 Å². The zero-order valence-electron chi connectivity index (χ0n) is 13.5. The predicted molar refractivity (Wildman–Crippen MR) is 101 cm³/mol. The molecule has 23 heavy (non-hydrogen) atoms. The van der Waals surface area contributed by atoms with E-state index in [0.29, 0.717) is 5.92 Å². The van der Waals surface area contributed by atoms with Gasteiger partial charge in [-0.3, -0.25) is 0 Å². The molecule has 0 amide bonds. The van der Waals surface area contributed by atoms with Gasteiger partial charge in [-0.15, -0.1) is 5.73 Å². The van der Waals surface area contributed by atoms with Crippen molar-refractivity contribution >= 4 is 38.9 Å². The van der Waals surface area contributed by atoms with E-state index in [2.05, 4.69) is 68.3 Å². The topological polar surface area (TPSA) is 0 Å². The summed E-state index contributed by atoms with van der Waals surface area (Å²) in [5, 5.41) is 8.93. The molecular formula is C23H20. The molecule has 1 unspecified atom stereocenters. The van der Waals surface area contributed by atoms with Crippen molar-refractivity contribution in [1.82, 2.24) is 0 Å². The van der Waals surface area contributed by atoms with Crippen molar-refractivity contribution in [3.63, 3.8) is 0 Å². The number of benzene rings is 3. The largest absolute Gasteiger partial charge is 0.119 e. The molecule has 4 rings (SSSR count). The number of rotatable bonds is 1. The fraction of sp³-hybridized carbons (Fsp3) is 0.174. The average Bonchev–Trinajstić information content (AvgIpc) is 2.74. The predicted octanol–water partition coefficient (Wildman–Crippen LogP) is 3.82. The Bertz CT molecular complexity index is 1130. The minimum Gasteiger partial charge on any atom is -0.119 e. The van der Waals surface area contributed by atoms with Crippen molar-refractivity contribution in [1.29, 1.82) is 0 Å². The van der Waals surface area contributed by atoms with E-state index in [0.717, 1.165) is 18.1 Å². The van der Waals surface area contributed by atoms with Crippen LogP contribution in [-0.2, 0) is 0 Å². The zero-order chi connectivity index (χ0) is 16.0. The van der Waals surface area contributed by atoms with Gasteiger partial charge in [0, 0.05) is 10.4 Å². The maximum absolute atomic E-state index is 4.07. The maximum atomic E-state index is 4.07. The summed E-state index contributed by atoms with van der Waals surface area (Å²) in [5.74, 6) is 0.559. The Morgan fingerprint density at radius 3 is 2.57 bits per heavy atom. The molecule has 0 nitrogen and oxygen atoms in total. The van der Waals surface area contributed by atoms with Gasteiger partial charge in [0.1, 0.15) is 0 Å². The van der Waals surface area contributed by atoms with E-state index in [1.807, 2.05) is 6.08 Å². The molecule has 1 aliphatic carbocycles. The summed E-state index contributed by atoms with van der Waals surface area (Å²) >= 11 is 0. The van der Waals surface area contributed by atoms with Crippen LogP contribution in [0.4, 0.5) is 0 Å². The maximum Gasteiger partial charge on any atom is 0.0318 e. The monoisotopic (exact) mass is 296 g/mol. The van der Waals surface area contributed by atoms with Crippen LogP contribution in [0.15, 0.2) is 55.6 Å². The van der Waals surface area contributed by atoms with Crippen LogP contribution >= 0.6 is 0 Å². The van der Waals surface area contributed by atoms with Crippen LogP contribution in [0.5, 0.6) is 0 Å². The highest BCUT2D eigenvalue weighted by molar-refractivity contribution is 6.10. The van der Waals surface area contributed by atoms with Crippen molar-refractivity contribution < 1.29 is 0 Å². The lowest BCUT2D eigenvalue weighted by atomic mass is 9.94. The summed E-state index contributed by atoms with van der Waals surface area (Å²) < 4.78 is 0. The first-order valence-corrected chi connectivity index (χ1v) is 8.25. The van der Waals surface area contributed by atoms with Gasteiger partial charge in [0.25, 0.3) is 0 Å². The van der Waals surface area contributed by atoms with Crippen LogP contribution in [0.25, 0.3) is 38.9 Å². The zero-order valence-corrected chi connectivity index (χ0v) is 13.5. The summed E-state index contributed by atoms with van der Waals surface area (Å²) in [6, 6.07) is 13.1. The molecule has 0 saturated carbocycles. The smallest absolute Gasteiger partial charge is 0.0318 e. The van der Waals surface area contributed by atoms with Gasteiger partial charge in [-0.25, -0.2) is 0 Å². The Morgan fingerprint density at radius 2 is 1.87 bits per heavy atom. The number of fused-ring (bicyclic) bond motifs is 2. The summed E-state index contributed by atoms with van der Waals surface area (Å²) in [4.78, 5) is 0. The van der Waals surface area contributed by atoms with Crippen LogP contribution < -0.4 is 15.7 Å². The molecule has 0 heterocycles. The fourth-order valence-corrected chi connectivity index (χ4v) is 3.95. The van der Waals surface area contributed by atoms with Gasteiger partial charge in [-0.05, 0) is 51.1 Å². The second-order valence-corrected chi connectivity index (χ2v) is 6.46. The Morgan fingerprint density at radius 1 is 1.13 bits per heavy atom. The van der Waals surface area contributed by atoms with Gasteiger partial charge in [0.05, 0.1) is 0 Å². The van der Waals surface area contributed by atoms with E-state index in [1.54, 1.807) is 0 Å². The average molecular weight is 296 g/mol. The highest BCUT2D eigenvalue weighted by Gasteiger charge is 2.13. The molecule has 0 radical (unpaired) electrons. The second-order valence-electron chi connectivity index (χ2n) is 6.46. The van der Waals surface area contributed by atoms with Gasteiger partial charge >= 0.3 is 0 Å². The van der Waals surface area contributed by atoms with Crippen LogP contribution in [-0.4, -0.2) is 0 Å². The van der Waals surface area contributed by atoms with Crippen LogP contribution in [0.1, 0.15) is 19.8 Å². The molecular weight excluding hydrogens is 276 g/mol. The molecule has 3 aromatic rings. The second kappa shape index (κ2) is 5.26. The molecule has 0 heteroatoms. The van der Waals surface area contributed by atoms with E-state index >= 15 is 0 Å². The molecule has 1 atom stereocenters. The van der Waals surface area contributed by atoms with Crippen molar-refractivity contribution in [3.8, 4) is 0 Å². The van der Waals surface area contributed by atoms with Crippen molar-refractivity contribution in [2.75, 3.05) is 0 Å². The first-order chi connectivity index (χ1) is 11.2. The van der Waals surface area contributed by atoms with Gasteiger partial charge in [0.15, 0.2) is 0 Å². The first kappa shape index (κ1) is 14.1. The molecule has 0 bridgehead atoms. The minimum absolute atomic E-state index is 0.559. The third kappa shape index (κ3) is 2.00. The third-order valence-corrected chi connectivity index (χ3v) is 5.05. The Hall–Kier alpha value is -2.56. The van der Waals surface area contributed by atoms with E-state index in [4.69, 9.17) is 0 Å². The minimum atomic E-state index is 0.559. The van der Waals surface area contributed by atoms with Gasteiger partial charge < -0.3 is 0 Å². The summed E-state index contributed by atoms with van der Waals surface area (Å²) in [5.41, 5.74) is 4.55. The summed E-state index contributed by atoms with van der Waals surface area (Å²) in [7, 11) is 0. The van der Waals surface area contributed by atoms with Crippen molar-refractivity contribution in [2.24, 2.45) is 5.92 Å². The van der Waals surface area contributed by atoms with Gasteiger partial charge in [-0.2, -0.15) is 0 Å². The lowest BCUT2D eigenvalue weighted by molar-refractivity contribution is 0.700. The highest BCUT2D eigenvalue weighted by atomic mass is 14.2. The van der Waals surface area contributed by atoms with Gasteiger partial charge in [-0.1, -0.05) is 68.6 Å². The number of allylic oxidation sites excluding steroid dienone is 1. The first-order valence-electron chi connectivity index (χ1n) is 8.25. The molecule has 0 saturated heterocycles. The summed E-state index contributed by atoms with van der Waals surface area (Å²) in [6.07, 6.45) is 6.66. The highest BCUT2D eigenvalue weighted by Crippen LogP contribution is 2.23. The summed E-state index contributed by atoms with van der Waals surface area (Å²) in [6.45, 7) is 10.4. The molecule has 3 aromatic carbocycles. The molecule has 112 valence electrons. The molecule has 0 fully saturated rings. The van der Waals surface area contributed by atoms with Crippen molar-refractivity contribution in [3.05, 3.63) is 71.3 Å². The molecule has 0 aliphatic heterocycles. The Balaban J connectivity index is 2.52. The molecule has 0 aromatic heterocycles. The number of hydrogen-bond acceptors (Lipinski definition) is 0. The van der Waals surface area contributed by atoms with E-state index in [-0.39, 0.29) is 0 Å². The van der Waals surface area contributed by atoms with E-state index in [9.17, 15) is 0 Å². The van der Waals surface area contributed by atoms with Gasteiger partial charge in [0.2, 0.25) is 0 Å². The third-order valence-electron chi connectivity index (χ3n) is 5.05. The molecule has 0 N–H and O–H groups in total. The molecule has 1 aliphatic rings. The Kier molecular flexibility index (Phi) is 3.22. The Labute approximate surface area is 136 Å². The lowest BCUT2D eigenvalue weighted by Crippen LogP contribution is -2.41. The standard InChI is InChI=1S/C23H20/c1-4-16-13-12-15(3)14-21-20-11-7-9-17-8-6-10-19(23(17)20)18(5-2)22(16)21/h4,6-11,14-15H,1-2,12-13H2,3H3. The van der Waals surface area contributed by atoms with Crippen LogP contribution in [0.2, 0.25) is 0 Å². The molecule has 0 spiro atoms. The van der Waals surface area contributed by atoms with E-state index in [1.165, 1.54) is 37.6 Å². The van der Waals surface area contributed by atoms with Crippen LogP contribution in [0, 0.1) is 5.92 Å². The quantitative estimate of drug-likeness (QED) is 0.640. The fourth-order valence-electron chi connectivity index (χ4n) is 3.95. The lowest BCUT2D eigenvalue weighted by Gasteiger charge is -2.09.